The lowest BCUT2D eigenvalue weighted by Crippen LogP contribution is -2.25. The Morgan fingerprint density at radius 3 is 2.48 bits per heavy atom. The summed E-state index contributed by atoms with van der Waals surface area (Å²) in [5.74, 6) is 0. The zero-order valence-corrected chi connectivity index (χ0v) is 17.4. The van der Waals surface area contributed by atoms with E-state index in [-0.39, 0.29) is 15.8 Å². The molecule has 1 heterocycles. The Balaban J connectivity index is 1.69. The van der Waals surface area contributed by atoms with Crippen molar-refractivity contribution in [3.8, 4) is 0 Å². The number of nitrogens with zero attached hydrogens (tertiary/aromatic N) is 1. The van der Waals surface area contributed by atoms with Gasteiger partial charge in [0.05, 0.1) is 15.1 Å². The summed E-state index contributed by atoms with van der Waals surface area (Å²) in [5.41, 5.74) is 3.18. The normalized spacial score (nSPS) is 12.1. The predicted octanol–water partition coefficient (Wildman–Crippen LogP) is 3.86. The Morgan fingerprint density at radius 2 is 1.81 bits per heavy atom. The van der Waals surface area contributed by atoms with Gasteiger partial charge in [-0.1, -0.05) is 41.2 Å². The van der Waals surface area contributed by atoms with Crippen molar-refractivity contribution in [1.82, 2.24) is 9.29 Å². The van der Waals surface area contributed by atoms with E-state index >= 15 is 0 Å². The molecular weight excluding hydrogens is 380 g/mol. The lowest BCUT2D eigenvalue weighted by Gasteiger charge is -2.09. The van der Waals surface area contributed by atoms with Crippen molar-refractivity contribution in [1.29, 1.82) is 0 Å². The first kappa shape index (κ1) is 19.8. The van der Waals surface area contributed by atoms with Crippen LogP contribution in [0.25, 0.3) is 10.2 Å². The fraction of sp³-hybridized carbons (Fsp3) is 0.350. The molecule has 0 aliphatic rings. The molecule has 0 amide bonds. The third-order valence-corrected chi connectivity index (χ3v) is 6.84. The van der Waals surface area contributed by atoms with Gasteiger partial charge in [0.1, 0.15) is 0 Å². The molecule has 0 radical (unpaired) electrons. The van der Waals surface area contributed by atoms with Crippen molar-refractivity contribution in [3.63, 3.8) is 0 Å². The summed E-state index contributed by atoms with van der Waals surface area (Å²) in [6.45, 7) is 6.29. The molecule has 0 saturated carbocycles. The van der Waals surface area contributed by atoms with Crippen LogP contribution in [-0.4, -0.2) is 19.5 Å². The average Bonchev–Trinajstić information content (AvgIpc) is 2.95. The molecule has 0 spiro atoms. The smallest absolute Gasteiger partial charge is 0.296 e. The Morgan fingerprint density at radius 1 is 1.11 bits per heavy atom. The predicted molar refractivity (Wildman–Crippen MR) is 111 cm³/mol. The Bertz CT molecular complexity index is 1090. The van der Waals surface area contributed by atoms with Crippen LogP contribution >= 0.6 is 11.3 Å². The molecule has 0 bridgehead atoms. The number of rotatable bonds is 7. The monoisotopic (exact) mass is 404 g/mol. The van der Waals surface area contributed by atoms with Gasteiger partial charge in [-0.2, -0.15) is 0 Å². The minimum Gasteiger partial charge on any atom is -0.296 e. The number of hydrogen-bond acceptors (Lipinski definition) is 4. The zero-order chi connectivity index (χ0) is 19.6. The van der Waals surface area contributed by atoms with Crippen LogP contribution < -0.4 is 9.60 Å². The number of aryl methyl sites for hydroxylation is 2. The van der Waals surface area contributed by atoms with Crippen LogP contribution in [-0.2, 0) is 16.4 Å². The maximum Gasteiger partial charge on any atom is 0.308 e. The van der Waals surface area contributed by atoms with E-state index in [4.69, 9.17) is 0 Å². The van der Waals surface area contributed by atoms with Crippen molar-refractivity contribution >= 4 is 31.6 Å². The third-order valence-electron chi connectivity index (χ3n) is 4.47. The number of benzene rings is 2. The third kappa shape index (κ3) is 4.48. The molecule has 0 aliphatic carbocycles. The largest absolute Gasteiger partial charge is 0.308 e. The quantitative estimate of drug-likeness (QED) is 0.608. The molecule has 0 unspecified atom stereocenters. The molecule has 7 heteroatoms. The van der Waals surface area contributed by atoms with Crippen LogP contribution in [0.2, 0.25) is 0 Å². The Hall–Kier alpha value is -1.96. The summed E-state index contributed by atoms with van der Waals surface area (Å²) in [6, 6.07) is 13.2. The molecule has 2 aromatic carbocycles. The first-order valence-electron chi connectivity index (χ1n) is 8.98. The fourth-order valence-electron chi connectivity index (χ4n) is 3.01. The second-order valence-electron chi connectivity index (χ2n) is 6.95. The van der Waals surface area contributed by atoms with Gasteiger partial charge < -0.3 is 0 Å². The molecule has 3 rings (SSSR count). The Labute approximate surface area is 163 Å². The van der Waals surface area contributed by atoms with Gasteiger partial charge >= 0.3 is 4.87 Å². The summed E-state index contributed by atoms with van der Waals surface area (Å²) in [6.07, 6.45) is 1.54. The molecule has 0 saturated heterocycles. The lowest BCUT2D eigenvalue weighted by atomic mass is 10.1. The van der Waals surface area contributed by atoms with E-state index in [1.807, 2.05) is 20.8 Å². The van der Waals surface area contributed by atoms with Gasteiger partial charge in [0, 0.05) is 12.6 Å². The average molecular weight is 405 g/mol. The van der Waals surface area contributed by atoms with E-state index in [1.54, 1.807) is 22.8 Å². The van der Waals surface area contributed by atoms with E-state index in [9.17, 15) is 13.2 Å². The van der Waals surface area contributed by atoms with Gasteiger partial charge in [0.2, 0.25) is 10.0 Å². The van der Waals surface area contributed by atoms with E-state index < -0.39 is 10.0 Å². The van der Waals surface area contributed by atoms with Crippen LogP contribution in [0.1, 0.15) is 37.4 Å². The number of thiazole rings is 1. The second kappa shape index (κ2) is 7.96. The Kier molecular flexibility index (Phi) is 5.83. The number of aromatic nitrogens is 1. The van der Waals surface area contributed by atoms with Crippen molar-refractivity contribution < 1.29 is 8.42 Å². The van der Waals surface area contributed by atoms with E-state index in [2.05, 4.69) is 29.0 Å². The molecule has 144 valence electrons. The highest BCUT2D eigenvalue weighted by molar-refractivity contribution is 7.89. The molecule has 1 N–H and O–H groups in total. The first-order valence-corrected chi connectivity index (χ1v) is 11.3. The summed E-state index contributed by atoms with van der Waals surface area (Å²) >= 11 is 1.08. The highest BCUT2D eigenvalue weighted by atomic mass is 32.2. The number of fused-ring (bicyclic) bond motifs is 1. The summed E-state index contributed by atoms with van der Waals surface area (Å²) in [5, 5.41) is 0. The van der Waals surface area contributed by atoms with Crippen molar-refractivity contribution in [2.45, 2.75) is 44.6 Å². The van der Waals surface area contributed by atoms with Gasteiger partial charge in [-0.05, 0) is 57.4 Å². The van der Waals surface area contributed by atoms with Crippen LogP contribution in [0.15, 0.2) is 52.2 Å². The molecule has 0 atom stereocenters. The van der Waals surface area contributed by atoms with Crippen LogP contribution in [0.5, 0.6) is 0 Å². The maximum absolute atomic E-state index is 12.6. The SMILES string of the molecule is Cc1ccc(CCCNS(=O)(=O)c2ccc3c(c2)sc(=O)n3C(C)C)cc1. The van der Waals surface area contributed by atoms with Crippen LogP contribution in [0.4, 0.5) is 0 Å². The van der Waals surface area contributed by atoms with Crippen molar-refractivity contribution in [2.75, 3.05) is 6.54 Å². The van der Waals surface area contributed by atoms with Crippen LogP contribution in [0.3, 0.4) is 0 Å². The molecule has 1 aromatic heterocycles. The van der Waals surface area contributed by atoms with Gasteiger partial charge in [-0.15, -0.1) is 0 Å². The minimum absolute atomic E-state index is 0.0357. The molecule has 27 heavy (non-hydrogen) atoms. The van der Waals surface area contributed by atoms with E-state index in [0.717, 1.165) is 29.7 Å². The van der Waals surface area contributed by atoms with Gasteiger partial charge in [-0.25, -0.2) is 13.1 Å². The summed E-state index contributed by atoms with van der Waals surface area (Å²) in [4.78, 5) is 12.3. The molecule has 5 nitrogen and oxygen atoms in total. The van der Waals surface area contributed by atoms with Gasteiger partial charge in [0.15, 0.2) is 0 Å². The van der Waals surface area contributed by atoms with E-state index in [0.29, 0.717) is 11.2 Å². The highest BCUT2D eigenvalue weighted by Gasteiger charge is 2.17. The summed E-state index contributed by atoms with van der Waals surface area (Å²) in [7, 11) is -3.59. The molecular formula is C20H24N2O3S2. The van der Waals surface area contributed by atoms with Crippen molar-refractivity contribution in [3.05, 3.63) is 63.3 Å². The van der Waals surface area contributed by atoms with Crippen molar-refractivity contribution in [2.24, 2.45) is 0 Å². The molecule has 3 aromatic rings. The number of sulfonamides is 1. The summed E-state index contributed by atoms with van der Waals surface area (Å²) < 4.78 is 30.2. The zero-order valence-electron chi connectivity index (χ0n) is 15.7. The van der Waals surface area contributed by atoms with Crippen LogP contribution in [0, 0.1) is 6.92 Å². The minimum atomic E-state index is -3.59. The van der Waals surface area contributed by atoms with Gasteiger partial charge in [0.25, 0.3) is 0 Å². The van der Waals surface area contributed by atoms with E-state index in [1.165, 1.54) is 11.1 Å². The van der Waals surface area contributed by atoms with Gasteiger partial charge in [-0.3, -0.25) is 9.36 Å². The molecule has 0 fully saturated rings. The lowest BCUT2D eigenvalue weighted by molar-refractivity contribution is 0.579. The molecule has 0 aliphatic heterocycles. The fourth-order valence-corrected chi connectivity index (χ4v) is 5.24. The first-order chi connectivity index (χ1) is 12.8. The standard InChI is InChI=1S/C20H24N2O3S2/c1-14(2)22-18-11-10-17(13-19(18)26-20(22)23)27(24,25)21-12-4-5-16-8-6-15(3)7-9-16/h6-11,13-14,21H,4-5,12H2,1-3H3. The topological polar surface area (TPSA) is 68.2 Å². The highest BCUT2D eigenvalue weighted by Crippen LogP contribution is 2.24. The number of nitrogens with one attached hydrogen (secondary N) is 1. The maximum atomic E-state index is 12.6. The second-order valence-corrected chi connectivity index (χ2v) is 9.71. The number of hydrogen-bond donors (Lipinski definition) is 1.